The Morgan fingerprint density at radius 1 is 0.854 bits per heavy atom. The van der Waals surface area contributed by atoms with Gasteiger partial charge < -0.3 is 18.9 Å². The van der Waals surface area contributed by atoms with Crippen LogP contribution in [0.25, 0.3) is 0 Å². The van der Waals surface area contributed by atoms with Crippen LogP contribution in [0, 0.1) is 11.3 Å². The van der Waals surface area contributed by atoms with Gasteiger partial charge in [-0.2, -0.15) is 0 Å². The third-order valence-electron chi connectivity index (χ3n) is 8.52. The van der Waals surface area contributed by atoms with Gasteiger partial charge in [0, 0.05) is 43.9 Å². The minimum Gasteiger partial charge on any atom is -0.497 e. The van der Waals surface area contributed by atoms with E-state index in [-0.39, 0.29) is 30.4 Å². The highest BCUT2D eigenvalue weighted by Crippen LogP contribution is 2.39. The van der Waals surface area contributed by atoms with Crippen molar-refractivity contribution in [3.05, 3.63) is 88.3 Å². The number of piperidine rings is 1. The minimum absolute atomic E-state index is 0.00268. The Morgan fingerprint density at radius 3 is 2.22 bits per heavy atom. The molecule has 3 atom stereocenters. The van der Waals surface area contributed by atoms with Crippen LogP contribution in [0.5, 0.6) is 11.5 Å². The number of methoxy groups -OCH3 is 2. The van der Waals surface area contributed by atoms with Crippen molar-refractivity contribution >= 4 is 23.5 Å². The fraction of sp³-hybridized carbons (Fsp3) is 0.355. The van der Waals surface area contributed by atoms with Gasteiger partial charge in [0.2, 0.25) is 5.91 Å². The van der Waals surface area contributed by atoms with Crippen LogP contribution in [0.1, 0.15) is 23.6 Å². The predicted molar refractivity (Wildman–Crippen MR) is 151 cm³/mol. The molecule has 3 aliphatic rings. The quantitative estimate of drug-likeness (QED) is 0.446. The zero-order chi connectivity index (χ0) is 28.7. The molecule has 2 bridgehead atoms. The van der Waals surface area contributed by atoms with Gasteiger partial charge in [-0.15, -0.1) is 0 Å². The Labute approximate surface area is 237 Å². The van der Waals surface area contributed by atoms with E-state index in [0.29, 0.717) is 36.8 Å². The van der Waals surface area contributed by atoms with Gasteiger partial charge in [0.15, 0.2) is 0 Å². The Kier molecular flexibility index (Phi) is 6.86. The molecule has 0 radical (unpaired) electrons. The molecule has 4 heterocycles. The van der Waals surface area contributed by atoms with Gasteiger partial charge in [0.05, 0.1) is 19.9 Å². The molecule has 41 heavy (non-hydrogen) atoms. The number of hydrogen-bond acceptors (Lipinski definition) is 7. The molecule has 0 aliphatic carbocycles. The first-order chi connectivity index (χ1) is 19.8. The Morgan fingerprint density at radius 2 is 1.54 bits per heavy atom. The second-order valence-corrected chi connectivity index (χ2v) is 11.1. The van der Waals surface area contributed by atoms with Crippen molar-refractivity contribution in [2.45, 2.75) is 25.3 Å². The Hall–Kier alpha value is -4.44. The molecule has 4 amide bonds. The lowest BCUT2D eigenvalue weighted by atomic mass is 9.75. The molecule has 2 saturated heterocycles. The van der Waals surface area contributed by atoms with Gasteiger partial charge in [-0.05, 0) is 66.8 Å². The van der Waals surface area contributed by atoms with Crippen LogP contribution in [0.4, 0.5) is 10.5 Å². The molecule has 1 N–H and O–H groups in total. The van der Waals surface area contributed by atoms with Crippen LogP contribution in [0.15, 0.2) is 71.5 Å². The van der Waals surface area contributed by atoms with E-state index in [2.05, 4.69) is 10.2 Å². The van der Waals surface area contributed by atoms with E-state index >= 15 is 0 Å². The van der Waals surface area contributed by atoms with E-state index in [1.54, 1.807) is 55.6 Å². The molecule has 6 rings (SSSR count). The number of carbonyl (C=O) groups excluding carboxylic acids is 3. The van der Waals surface area contributed by atoms with Crippen molar-refractivity contribution < 1.29 is 23.9 Å². The first-order valence-corrected chi connectivity index (χ1v) is 13.7. The van der Waals surface area contributed by atoms with Crippen molar-refractivity contribution in [2.24, 2.45) is 11.3 Å². The summed E-state index contributed by atoms with van der Waals surface area (Å²) in [7, 11) is 3.11. The number of hydrogen-bond donors (Lipinski definition) is 1. The highest BCUT2D eigenvalue weighted by molar-refractivity contribution is 6.30. The van der Waals surface area contributed by atoms with Gasteiger partial charge in [0.1, 0.15) is 16.9 Å². The van der Waals surface area contributed by atoms with Crippen molar-refractivity contribution in [3.8, 4) is 11.5 Å². The highest BCUT2D eigenvalue weighted by atomic mass is 16.5. The number of likely N-dealkylation sites (tertiary alicyclic amines) is 1. The number of amides is 4. The third kappa shape index (κ3) is 4.78. The first kappa shape index (κ1) is 26.8. The zero-order valence-electron chi connectivity index (χ0n) is 23.0. The summed E-state index contributed by atoms with van der Waals surface area (Å²) in [5.41, 5.74) is 0.537. The van der Waals surface area contributed by atoms with E-state index in [1.165, 1.54) is 7.11 Å². The third-order valence-corrected chi connectivity index (χ3v) is 8.52. The number of imide groups is 2. The van der Waals surface area contributed by atoms with Crippen LogP contribution in [-0.4, -0.2) is 61.2 Å². The van der Waals surface area contributed by atoms with Crippen molar-refractivity contribution in [2.75, 3.05) is 38.8 Å². The number of urea groups is 1. The summed E-state index contributed by atoms with van der Waals surface area (Å²) in [6.07, 6.45) is 1.05. The summed E-state index contributed by atoms with van der Waals surface area (Å²) in [5.74, 6) is 0.379. The van der Waals surface area contributed by atoms with Crippen molar-refractivity contribution in [3.63, 3.8) is 0 Å². The number of pyridine rings is 1. The van der Waals surface area contributed by atoms with Gasteiger partial charge >= 0.3 is 6.03 Å². The van der Waals surface area contributed by atoms with E-state index in [1.807, 2.05) is 22.8 Å². The number of barbiturate groups is 1. The molecule has 2 aromatic carbocycles. The average Bonchev–Trinajstić information content (AvgIpc) is 2.97. The monoisotopic (exact) mass is 556 g/mol. The molecule has 0 unspecified atom stereocenters. The number of ether oxygens (including phenoxy) is 2. The molecular formula is C31H32N4O6. The lowest BCUT2D eigenvalue weighted by Gasteiger charge is -2.47. The summed E-state index contributed by atoms with van der Waals surface area (Å²) in [5, 5.41) is 2.48. The van der Waals surface area contributed by atoms with E-state index in [9.17, 15) is 19.2 Å². The summed E-state index contributed by atoms with van der Waals surface area (Å²) >= 11 is 0. The van der Waals surface area contributed by atoms with Crippen molar-refractivity contribution in [1.82, 2.24) is 14.8 Å². The predicted octanol–water partition coefficient (Wildman–Crippen LogP) is 2.80. The largest absolute Gasteiger partial charge is 0.497 e. The molecule has 0 saturated carbocycles. The summed E-state index contributed by atoms with van der Waals surface area (Å²) in [6, 6.07) is 18.4. The van der Waals surface area contributed by atoms with Gasteiger partial charge in [0.25, 0.3) is 11.5 Å². The topological polar surface area (TPSA) is 110 Å². The fourth-order valence-electron chi connectivity index (χ4n) is 6.59. The van der Waals surface area contributed by atoms with Crippen LogP contribution in [0.3, 0.4) is 0 Å². The van der Waals surface area contributed by atoms with E-state index in [0.717, 1.165) is 22.6 Å². The van der Waals surface area contributed by atoms with Crippen LogP contribution in [0.2, 0.25) is 0 Å². The molecule has 212 valence electrons. The average molecular weight is 557 g/mol. The maximum absolute atomic E-state index is 14.4. The summed E-state index contributed by atoms with van der Waals surface area (Å²) in [4.78, 5) is 57.1. The number of carbonyl (C=O) groups is 3. The van der Waals surface area contributed by atoms with E-state index in [4.69, 9.17) is 9.47 Å². The van der Waals surface area contributed by atoms with Crippen LogP contribution >= 0.6 is 0 Å². The lowest BCUT2D eigenvalue weighted by molar-refractivity contribution is -0.144. The number of nitrogens with one attached hydrogen (secondary N) is 1. The first-order valence-electron chi connectivity index (χ1n) is 13.7. The molecule has 3 aliphatic heterocycles. The maximum atomic E-state index is 14.4. The molecule has 0 spiro atoms. The van der Waals surface area contributed by atoms with Gasteiger partial charge in [-0.25, -0.2) is 9.69 Å². The second kappa shape index (κ2) is 10.5. The van der Waals surface area contributed by atoms with Gasteiger partial charge in [-0.3, -0.25) is 19.7 Å². The standard InChI is InChI=1S/C31H32N4O6/c1-40-24-10-6-20(7-11-24)15-31(19-33-16-21-14-22(18-33)26-4-3-5-27(36)34(26)17-21)28(37)32-30(39)35(29(31)38)23-8-12-25(41-2)13-9-23/h3-13,21-22H,14-19H2,1-2H3,(H,32,37,39)/t21-,22+,31+/m1/s1. The molecule has 1 aromatic heterocycles. The molecule has 10 nitrogen and oxygen atoms in total. The maximum Gasteiger partial charge on any atom is 0.335 e. The fourth-order valence-corrected chi connectivity index (χ4v) is 6.59. The van der Waals surface area contributed by atoms with E-state index < -0.39 is 23.3 Å². The normalized spacial score (nSPS) is 24.0. The summed E-state index contributed by atoms with van der Waals surface area (Å²) in [6.45, 7) is 1.97. The SMILES string of the molecule is COc1ccc(C[C@]2(CN3C[C@H]4C[C@@H](C3)c3cccc(=O)n3C4)C(=O)NC(=O)N(c3ccc(OC)cc3)C2=O)cc1. The number of fused-ring (bicyclic) bond motifs is 4. The smallest absolute Gasteiger partial charge is 0.335 e. The Bertz CT molecular complexity index is 1550. The van der Waals surface area contributed by atoms with Crippen molar-refractivity contribution in [1.29, 1.82) is 0 Å². The Balaban J connectivity index is 1.37. The second-order valence-electron chi connectivity index (χ2n) is 11.1. The number of nitrogens with zero attached hydrogens (tertiary/aromatic N) is 3. The number of rotatable bonds is 7. The van der Waals surface area contributed by atoms with Crippen LogP contribution in [-0.2, 0) is 22.6 Å². The molecule has 3 aromatic rings. The molecule has 2 fully saturated rings. The number of anilines is 1. The number of benzene rings is 2. The van der Waals surface area contributed by atoms with Crippen LogP contribution < -0.4 is 25.2 Å². The number of aromatic nitrogens is 1. The summed E-state index contributed by atoms with van der Waals surface area (Å²) < 4.78 is 12.4. The zero-order valence-corrected chi connectivity index (χ0v) is 23.0. The molecule has 10 heteroatoms. The molecular weight excluding hydrogens is 524 g/mol. The minimum atomic E-state index is -1.57. The highest BCUT2D eigenvalue weighted by Gasteiger charge is 2.55. The lowest BCUT2D eigenvalue weighted by Crippen LogP contribution is -2.68. The van der Waals surface area contributed by atoms with Gasteiger partial charge in [-0.1, -0.05) is 18.2 Å².